The molecule has 4 N–H and O–H groups in total. The van der Waals surface area contributed by atoms with Crippen molar-refractivity contribution in [3.63, 3.8) is 0 Å². The van der Waals surface area contributed by atoms with Crippen LogP contribution in [0.3, 0.4) is 0 Å². The zero-order chi connectivity index (χ0) is 19.3. The normalized spacial score (nSPS) is 12.3. The van der Waals surface area contributed by atoms with E-state index in [2.05, 4.69) is 54.6 Å². The van der Waals surface area contributed by atoms with Gasteiger partial charge in [0.15, 0.2) is 0 Å². The second-order valence-electron chi connectivity index (χ2n) is 6.76. The average Bonchev–Trinajstić information content (AvgIpc) is 2.73. The molecule has 136 valence electrons. The van der Waals surface area contributed by atoms with Crippen LogP contribution in [-0.4, -0.2) is 0 Å². The van der Waals surface area contributed by atoms with E-state index in [0.29, 0.717) is 0 Å². The largest absolute Gasteiger partial charge is 0.399 e. The summed E-state index contributed by atoms with van der Waals surface area (Å²) in [5.41, 5.74) is 18.3. The van der Waals surface area contributed by atoms with Crippen LogP contribution in [0.5, 0.6) is 0 Å². The molecule has 0 radical (unpaired) electrons. The fourth-order valence-electron chi connectivity index (χ4n) is 3.32. The smallest absolute Gasteiger partial charge is 0.0394 e. The van der Waals surface area contributed by atoms with Gasteiger partial charge in [-0.15, -0.1) is 0 Å². The quantitative estimate of drug-likeness (QED) is 0.537. The van der Waals surface area contributed by atoms with Crippen LogP contribution >= 0.6 is 0 Å². The third-order valence-corrected chi connectivity index (χ3v) is 4.76. The molecular formula is C26H22N2. The Labute approximate surface area is 165 Å². The predicted molar refractivity (Wildman–Crippen MR) is 120 cm³/mol. The Balaban J connectivity index is 2.06. The highest BCUT2D eigenvalue weighted by molar-refractivity contribution is 5.73. The van der Waals surface area contributed by atoms with Gasteiger partial charge >= 0.3 is 0 Å². The molecule has 0 aliphatic heterocycles. The summed E-state index contributed by atoms with van der Waals surface area (Å²) in [5, 5.41) is 2.12. The molecule has 28 heavy (non-hydrogen) atoms. The molecule has 4 aromatic rings. The number of hydrogen-bond acceptors (Lipinski definition) is 2. The number of benzene rings is 4. The van der Waals surface area contributed by atoms with Gasteiger partial charge < -0.3 is 11.5 Å². The summed E-state index contributed by atoms with van der Waals surface area (Å²) < 4.78 is 0. The third-order valence-electron chi connectivity index (χ3n) is 4.76. The Kier molecular flexibility index (Phi) is 4.94. The monoisotopic (exact) mass is 362 g/mol. The molecule has 0 amide bonds. The van der Waals surface area contributed by atoms with E-state index >= 15 is 0 Å². The van der Waals surface area contributed by atoms with Crippen LogP contribution in [0.1, 0.15) is 11.1 Å². The Hall–Kier alpha value is -3.78. The van der Waals surface area contributed by atoms with Gasteiger partial charge in [0.2, 0.25) is 0 Å². The van der Waals surface area contributed by atoms with Gasteiger partial charge in [0.25, 0.3) is 0 Å². The van der Waals surface area contributed by atoms with Crippen molar-refractivity contribution in [2.24, 2.45) is 0 Å². The Bertz CT molecular complexity index is 1190. The maximum Gasteiger partial charge on any atom is 0.0394 e. The van der Waals surface area contributed by atoms with E-state index in [4.69, 9.17) is 11.5 Å². The van der Waals surface area contributed by atoms with Crippen molar-refractivity contribution in [2.75, 3.05) is 11.5 Å². The molecule has 0 aromatic heterocycles. The first-order chi connectivity index (χ1) is 13.7. The lowest BCUT2D eigenvalue weighted by atomic mass is 9.98. The molecule has 0 saturated carbocycles. The zero-order valence-electron chi connectivity index (χ0n) is 15.5. The van der Waals surface area contributed by atoms with Gasteiger partial charge in [0.05, 0.1) is 0 Å². The summed E-state index contributed by atoms with van der Waals surface area (Å²) in [4.78, 5) is 0. The maximum absolute atomic E-state index is 6.42. The van der Waals surface area contributed by atoms with E-state index in [9.17, 15) is 0 Å². The van der Waals surface area contributed by atoms with Gasteiger partial charge in [-0.1, -0.05) is 78.9 Å². The first kappa shape index (κ1) is 17.6. The van der Waals surface area contributed by atoms with E-state index in [0.717, 1.165) is 44.1 Å². The van der Waals surface area contributed by atoms with Crippen LogP contribution in [0.2, 0.25) is 0 Å². The lowest BCUT2D eigenvalue weighted by molar-refractivity contribution is 1.47. The van der Waals surface area contributed by atoms with Crippen molar-refractivity contribution in [1.29, 1.82) is 0 Å². The molecule has 0 bridgehead atoms. The summed E-state index contributed by atoms with van der Waals surface area (Å²) in [6.07, 6.45) is 4.34. The van der Waals surface area contributed by atoms with Crippen LogP contribution in [-0.2, 0) is 0 Å². The summed E-state index contributed by atoms with van der Waals surface area (Å²) in [6.45, 7) is 0. The van der Waals surface area contributed by atoms with Crippen molar-refractivity contribution < 1.29 is 0 Å². The molecule has 0 aliphatic carbocycles. The first-order valence-corrected chi connectivity index (χ1v) is 9.29. The molecule has 0 fully saturated rings. The van der Waals surface area contributed by atoms with Gasteiger partial charge in [0, 0.05) is 16.6 Å². The van der Waals surface area contributed by atoms with Crippen LogP contribution in [0.4, 0.5) is 11.4 Å². The minimum absolute atomic E-state index is 0.754. The molecule has 4 rings (SSSR count). The number of anilines is 2. The van der Waals surface area contributed by atoms with Crippen LogP contribution in [0, 0.1) is 0 Å². The second kappa shape index (κ2) is 7.85. The Morgan fingerprint density at radius 1 is 0.500 bits per heavy atom. The Morgan fingerprint density at radius 2 is 1.04 bits per heavy atom. The van der Waals surface area contributed by atoms with Gasteiger partial charge in [-0.3, -0.25) is 0 Å². The van der Waals surface area contributed by atoms with E-state index in [1.807, 2.05) is 54.6 Å². The van der Waals surface area contributed by atoms with Crippen molar-refractivity contribution in [2.45, 2.75) is 0 Å². The van der Waals surface area contributed by atoms with E-state index in [1.165, 1.54) is 0 Å². The number of nitrogens with two attached hydrogens (primary N) is 2. The minimum atomic E-state index is 0.754. The molecule has 0 unspecified atom stereocenters. The van der Waals surface area contributed by atoms with Gasteiger partial charge in [-0.2, -0.15) is 0 Å². The van der Waals surface area contributed by atoms with Crippen LogP contribution < -0.4 is 21.9 Å². The van der Waals surface area contributed by atoms with Crippen LogP contribution in [0.25, 0.3) is 23.3 Å². The summed E-state index contributed by atoms with van der Waals surface area (Å²) in [7, 11) is 0. The molecule has 0 spiro atoms. The number of rotatable bonds is 3. The van der Waals surface area contributed by atoms with Crippen molar-refractivity contribution >= 4 is 23.5 Å². The van der Waals surface area contributed by atoms with Gasteiger partial charge in [-0.05, 0) is 57.8 Å². The maximum atomic E-state index is 6.42. The first-order valence-electron chi connectivity index (χ1n) is 9.29. The fraction of sp³-hybridized carbons (Fsp3) is 0. The highest BCUT2D eigenvalue weighted by Crippen LogP contribution is 2.18. The predicted octanol–water partition coefficient (Wildman–Crippen LogP) is 4.18. The van der Waals surface area contributed by atoms with Gasteiger partial charge in [-0.25, -0.2) is 0 Å². The average molecular weight is 362 g/mol. The molecule has 0 saturated heterocycles. The molecule has 0 aliphatic rings. The molecule has 4 aromatic carbocycles. The zero-order valence-corrected chi connectivity index (χ0v) is 15.5. The van der Waals surface area contributed by atoms with Gasteiger partial charge in [0.1, 0.15) is 0 Å². The SMILES string of the molecule is Nc1ccc(-c2ccc(N)c(=Cc3ccccc3)c2=Cc2ccccc2)cc1. The fourth-order valence-corrected chi connectivity index (χ4v) is 3.32. The topological polar surface area (TPSA) is 52.0 Å². The summed E-state index contributed by atoms with van der Waals surface area (Å²) in [6, 6.07) is 32.6. The Morgan fingerprint density at radius 3 is 1.61 bits per heavy atom. The highest BCUT2D eigenvalue weighted by atomic mass is 14.5. The molecule has 2 nitrogen and oxygen atoms in total. The van der Waals surface area contributed by atoms with E-state index in [1.54, 1.807) is 0 Å². The highest BCUT2D eigenvalue weighted by Gasteiger charge is 2.05. The summed E-state index contributed by atoms with van der Waals surface area (Å²) >= 11 is 0. The standard InChI is InChI=1S/C26H22N2/c27-22-13-11-21(12-14-22)23-15-16-26(28)25(18-20-9-5-2-6-10-20)24(23)17-19-7-3-1-4-8-19/h1-18H,27-28H2. The summed E-state index contributed by atoms with van der Waals surface area (Å²) in [5.74, 6) is 0. The number of hydrogen-bond donors (Lipinski definition) is 2. The second-order valence-corrected chi connectivity index (χ2v) is 6.76. The van der Waals surface area contributed by atoms with Crippen molar-refractivity contribution in [3.05, 3.63) is 119 Å². The molecule has 0 heterocycles. The van der Waals surface area contributed by atoms with Crippen molar-refractivity contribution in [1.82, 2.24) is 0 Å². The molecule has 2 heteroatoms. The number of nitrogen functional groups attached to an aromatic ring is 2. The van der Waals surface area contributed by atoms with E-state index in [-0.39, 0.29) is 0 Å². The van der Waals surface area contributed by atoms with E-state index < -0.39 is 0 Å². The molecule has 0 atom stereocenters. The molecular weight excluding hydrogens is 340 g/mol. The van der Waals surface area contributed by atoms with Crippen LogP contribution in [0.15, 0.2) is 97.1 Å². The van der Waals surface area contributed by atoms with Crippen molar-refractivity contribution in [3.8, 4) is 11.1 Å². The lowest BCUT2D eigenvalue weighted by Gasteiger charge is -2.08. The lowest BCUT2D eigenvalue weighted by Crippen LogP contribution is -2.30. The minimum Gasteiger partial charge on any atom is -0.399 e. The third kappa shape index (κ3) is 3.81.